The van der Waals surface area contributed by atoms with E-state index in [0.717, 1.165) is 0 Å². The first-order valence-corrected chi connectivity index (χ1v) is 8.18. The first kappa shape index (κ1) is 19.2. The van der Waals surface area contributed by atoms with Gasteiger partial charge >= 0.3 is 12.0 Å². The van der Waals surface area contributed by atoms with Crippen LogP contribution in [0, 0.1) is 5.82 Å². The lowest BCUT2D eigenvalue weighted by atomic mass is 9.94. The maximum atomic E-state index is 14.4. The average Bonchev–Trinajstić information content (AvgIpc) is 2.54. The summed E-state index contributed by atoms with van der Waals surface area (Å²) >= 11 is 6.13. The van der Waals surface area contributed by atoms with E-state index in [1.54, 1.807) is 13.8 Å². The lowest BCUT2D eigenvalue weighted by molar-refractivity contribution is -0.139. The maximum Gasteiger partial charge on any atom is 0.338 e. The molecular weight excluding hydrogens is 351 g/mol. The molecule has 0 aliphatic carbocycles. The van der Waals surface area contributed by atoms with Crippen LogP contribution in [0.5, 0.6) is 0 Å². The lowest BCUT2D eigenvalue weighted by Gasteiger charge is -2.35. The second-order valence-electron chi connectivity index (χ2n) is 5.38. The molecular formula is C17H20ClFN2O4. The molecule has 1 aromatic carbocycles. The fourth-order valence-corrected chi connectivity index (χ4v) is 2.98. The van der Waals surface area contributed by atoms with Crippen molar-refractivity contribution in [2.75, 3.05) is 26.9 Å². The number of ether oxygens (including phenoxy) is 2. The molecule has 1 atom stereocenters. The Labute approximate surface area is 150 Å². The van der Waals surface area contributed by atoms with E-state index in [2.05, 4.69) is 5.32 Å². The van der Waals surface area contributed by atoms with Gasteiger partial charge in [-0.3, -0.25) is 4.90 Å². The van der Waals surface area contributed by atoms with Crippen molar-refractivity contribution >= 4 is 23.6 Å². The van der Waals surface area contributed by atoms with Gasteiger partial charge in [0.05, 0.1) is 31.4 Å². The number of carbonyl (C=O) groups excluding carboxylic acids is 2. The minimum atomic E-state index is -1.03. The zero-order valence-electron chi connectivity index (χ0n) is 14.3. The smallest absolute Gasteiger partial charge is 0.338 e. The van der Waals surface area contributed by atoms with Gasteiger partial charge in [0, 0.05) is 23.4 Å². The summed E-state index contributed by atoms with van der Waals surface area (Å²) in [6, 6.07) is 2.69. The third-order valence-corrected chi connectivity index (χ3v) is 4.23. The first-order valence-electron chi connectivity index (χ1n) is 7.81. The van der Waals surface area contributed by atoms with Crippen molar-refractivity contribution in [3.63, 3.8) is 0 Å². The third kappa shape index (κ3) is 3.93. The summed E-state index contributed by atoms with van der Waals surface area (Å²) in [5, 5.41) is 2.76. The summed E-state index contributed by atoms with van der Waals surface area (Å²) in [6.45, 7) is 3.96. The van der Waals surface area contributed by atoms with Crippen molar-refractivity contribution in [1.29, 1.82) is 0 Å². The molecule has 6 nitrogen and oxygen atoms in total. The fourth-order valence-electron chi connectivity index (χ4n) is 2.71. The largest absolute Gasteiger partial charge is 0.463 e. The van der Waals surface area contributed by atoms with Crippen molar-refractivity contribution in [3.05, 3.63) is 45.9 Å². The fraction of sp³-hybridized carbons (Fsp3) is 0.412. The molecule has 2 amide bonds. The number of nitrogens with zero attached hydrogens (tertiary/aromatic N) is 1. The highest BCUT2D eigenvalue weighted by molar-refractivity contribution is 6.31. The molecule has 0 fully saturated rings. The predicted octanol–water partition coefficient (Wildman–Crippen LogP) is 3.03. The number of halogens is 2. The van der Waals surface area contributed by atoms with Crippen LogP contribution >= 0.6 is 11.6 Å². The molecule has 0 saturated carbocycles. The second kappa shape index (κ2) is 8.31. The number of nitrogens with one attached hydrogen (secondary N) is 1. The van der Waals surface area contributed by atoms with E-state index < -0.39 is 23.9 Å². The summed E-state index contributed by atoms with van der Waals surface area (Å²) in [5.74, 6) is -1.25. The molecule has 1 N–H and O–H groups in total. The predicted molar refractivity (Wildman–Crippen MR) is 90.6 cm³/mol. The van der Waals surface area contributed by atoms with Gasteiger partial charge in [0.15, 0.2) is 0 Å². The molecule has 1 unspecified atom stereocenters. The van der Waals surface area contributed by atoms with E-state index >= 15 is 0 Å². The van der Waals surface area contributed by atoms with Crippen molar-refractivity contribution in [2.24, 2.45) is 0 Å². The van der Waals surface area contributed by atoms with Crippen molar-refractivity contribution in [1.82, 2.24) is 10.2 Å². The molecule has 1 aliphatic heterocycles. The summed E-state index contributed by atoms with van der Waals surface area (Å²) in [7, 11) is 1.51. The van der Waals surface area contributed by atoms with E-state index in [0.29, 0.717) is 5.70 Å². The van der Waals surface area contributed by atoms with Crippen LogP contribution in [-0.2, 0) is 14.3 Å². The molecule has 1 heterocycles. The highest BCUT2D eigenvalue weighted by Crippen LogP contribution is 2.36. The number of allylic oxidation sites excluding steroid dienone is 1. The standard InChI is InChI=1S/C17H20ClFN2O4/c1-4-25-16(22)13-10(2)21(8-9-24-3)17(23)20-15(13)14-11(18)6-5-7-12(14)19/h5-7,15H,4,8-9H2,1-3H3,(H,20,23). The topological polar surface area (TPSA) is 67.9 Å². The van der Waals surface area contributed by atoms with Crippen LogP contribution in [0.2, 0.25) is 5.02 Å². The van der Waals surface area contributed by atoms with Gasteiger partial charge in [-0.05, 0) is 26.0 Å². The van der Waals surface area contributed by atoms with Gasteiger partial charge in [-0.15, -0.1) is 0 Å². The van der Waals surface area contributed by atoms with Crippen molar-refractivity contribution in [3.8, 4) is 0 Å². The summed E-state index contributed by atoms with van der Waals surface area (Å²) in [6.07, 6.45) is 0. The third-order valence-electron chi connectivity index (χ3n) is 3.90. The van der Waals surface area contributed by atoms with Gasteiger partial charge < -0.3 is 14.8 Å². The maximum absolute atomic E-state index is 14.4. The number of hydrogen-bond acceptors (Lipinski definition) is 4. The zero-order valence-corrected chi connectivity index (χ0v) is 15.0. The monoisotopic (exact) mass is 370 g/mol. The summed E-state index contributed by atoms with van der Waals surface area (Å²) in [4.78, 5) is 26.3. The van der Waals surface area contributed by atoms with E-state index in [1.807, 2.05) is 0 Å². The molecule has 136 valence electrons. The number of amides is 2. The number of hydrogen-bond donors (Lipinski definition) is 1. The Morgan fingerprint density at radius 3 is 2.76 bits per heavy atom. The minimum Gasteiger partial charge on any atom is -0.463 e. The van der Waals surface area contributed by atoms with Gasteiger partial charge in [-0.2, -0.15) is 0 Å². The number of rotatable bonds is 6. The minimum absolute atomic E-state index is 0.0336. The summed E-state index contributed by atoms with van der Waals surface area (Å²) < 4.78 is 24.5. The highest BCUT2D eigenvalue weighted by atomic mass is 35.5. The molecule has 1 aromatic rings. The lowest BCUT2D eigenvalue weighted by Crippen LogP contribution is -2.49. The van der Waals surface area contributed by atoms with Crippen LogP contribution in [0.4, 0.5) is 9.18 Å². The van der Waals surface area contributed by atoms with Crippen molar-refractivity contribution < 1.29 is 23.5 Å². The number of esters is 1. The van der Waals surface area contributed by atoms with Crippen LogP contribution < -0.4 is 5.32 Å². The Morgan fingerprint density at radius 2 is 2.16 bits per heavy atom. The SMILES string of the molecule is CCOC(=O)C1=C(C)N(CCOC)C(=O)NC1c1c(F)cccc1Cl. The van der Waals surface area contributed by atoms with Crippen LogP contribution in [0.25, 0.3) is 0 Å². The highest BCUT2D eigenvalue weighted by Gasteiger charge is 2.38. The van der Waals surface area contributed by atoms with Crippen molar-refractivity contribution in [2.45, 2.75) is 19.9 Å². The van der Waals surface area contributed by atoms with Crippen LogP contribution in [0.15, 0.2) is 29.5 Å². The Hall–Kier alpha value is -2.12. The molecule has 0 aromatic heterocycles. The average molecular weight is 371 g/mol. The van der Waals surface area contributed by atoms with Gasteiger partial charge in [0.2, 0.25) is 0 Å². The normalized spacial score (nSPS) is 17.6. The second-order valence-corrected chi connectivity index (χ2v) is 5.79. The molecule has 0 saturated heterocycles. The number of carbonyl (C=O) groups is 2. The van der Waals surface area contributed by atoms with Crippen LogP contribution in [0.1, 0.15) is 25.5 Å². The Kier molecular flexibility index (Phi) is 6.39. The molecule has 25 heavy (non-hydrogen) atoms. The van der Waals surface area contributed by atoms with Gasteiger partial charge in [-0.25, -0.2) is 14.0 Å². The van der Waals surface area contributed by atoms with E-state index in [4.69, 9.17) is 21.1 Å². The zero-order chi connectivity index (χ0) is 18.6. The van der Waals surface area contributed by atoms with E-state index in [9.17, 15) is 14.0 Å². The molecule has 8 heteroatoms. The van der Waals surface area contributed by atoms with Gasteiger partial charge in [0.25, 0.3) is 0 Å². The Bertz CT molecular complexity index is 688. The van der Waals surface area contributed by atoms with E-state index in [1.165, 1.54) is 30.2 Å². The Balaban J connectivity index is 2.56. The number of benzene rings is 1. The molecule has 0 spiro atoms. The molecule has 0 radical (unpaired) electrons. The molecule has 0 bridgehead atoms. The van der Waals surface area contributed by atoms with Crippen LogP contribution in [0.3, 0.4) is 0 Å². The Morgan fingerprint density at radius 1 is 1.44 bits per heavy atom. The molecule has 2 rings (SSSR count). The number of methoxy groups -OCH3 is 1. The molecule has 1 aliphatic rings. The summed E-state index contributed by atoms with van der Waals surface area (Å²) in [5.41, 5.74) is 0.555. The van der Waals surface area contributed by atoms with Gasteiger partial charge in [-0.1, -0.05) is 17.7 Å². The number of urea groups is 1. The first-order chi connectivity index (χ1) is 11.9. The van der Waals surface area contributed by atoms with Crippen LogP contribution in [-0.4, -0.2) is 43.8 Å². The quantitative estimate of drug-likeness (QED) is 0.781. The van der Waals surface area contributed by atoms with Gasteiger partial charge in [0.1, 0.15) is 5.82 Å². The van der Waals surface area contributed by atoms with E-state index in [-0.39, 0.29) is 35.9 Å².